The van der Waals surface area contributed by atoms with Crippen LogP contribution in [0.3, 0.4) is 0 Å². The van der Waals surface area contributed by atoms with Crippen molar-refractivity contribution < 1.29 is 19.1 Å². The molecule has 1 aromatic rings. The number of piperidine rings is 1. The summed E-state index contributed by atoms with van der Waals surface area (Å²) in [5.41, 5.74) is 0.548. The molecule has 0 bridgehead atoms. The molecule has 1 aromatic carbocycles. The lowest BCUT2D eigenvalue weighted by molar-refractivity contribution is -0.126. The van der Waals surface area contributed by atoms with Gasteiger partial charge in [0.1, 0.15) is 11.5 Å². The van der Waals surface area contributed by atoms with Crippen LogP contribution in [0.2, 0.25) is 0 Å². The molecule has 0 aromatic heterocycles. The fourth-order valence-electron chi connectivity index (χ4n) is 3.43. The van der Waals surface area contributed by atoms with Gasteiger partial charge >= 0.3 is 0 Å². The van der Waals surface area contributed by atoms with Gasteiger partial charge in [-0.25, -0.2) is 0 Å². The van der Waals surface area contributed by atoms with Gasteiger partial charge in [0.25, 0.3) is 5.91 Å². The summed E-state index contributed by atoms with van der Waals surface area (Å²) in [4.78, 5) is 27.0. The van der Waals surface area contributed by atoms with Crippen LogP contribution in [-0.4, -0.2) is 61.6 Å². The molecule has 26 heavy (non-hydrogen) atoms. The first-order valence-corrected chi connectivity index (χ1v) is 10.2. The van der Waals surface area contributed by atoms with Gasteiger partial charge in [-0.15, -0.1) is 0 Å². The molecule has 0 saturated carbocycles. The third-order valence-corrected chi connectivity index (χ3v) is 6.19. The molecule has 0 unspecified atom stereocenters. The van der Waals surface area contributed by atoms with Crippen LogP contribution in [0.15, 0.2) is 18.2 Å². The quantitative estimate of drug-likeness (QED) is 0.851. The SMILES string of the molecule is COc1cc(OC)cc(C(=O)N2CCC(C(=O)N[C@H]3CCSC3)CC2)c1. The van der Waals surface area contributed by atoms with E-state index >= 15 is 0 Å². The second-order valence-corrected chi connectivity index (χ2v) is 7.89. The van der Waals surface area contributed by atoms with Crippen molar-refractivity contribution in [2.45, 2.75) is 25.3 Å². The molecular weight excluding hydrogens is 352 g/mol. The zero-order chi connectivity index (χ0) is 18.5. The van der Waals surface area contributed by atoms with Crippen LogP contribution in [0.4, 0.5) is 0 Å². The summed E-state index contributed by atoms with van der Waals surface area (Å²) in [5, 5.41) is 3.16. The van der Waals surface area contributed by atoms with Gasteiger partial charge in [0.05, 0.1) is 14.2 Å². The maximum Gasteiger partial charge on any atom is 0.254 e. The Kier molecular flexibility index (Phi) is 6.29. The van der Waals surface area contributed by atoms with Crippen molar-refractivity contribution in [3.63, 3.8) is 0 Å². The minimum Gasteiger partial charge on any atom is -0.497 e. The predicted octanol–water partition coefficient (Wildman–Crippen LogP) is 2.18. The first-order chi connectivity index (χ1) is 12.6. The number of methoxy groups -OCH3 is 2. The van der Waals surface area contributed by atoms with E-state index in [2.05, 4.69) is 5.32 Å². The molecule has 1 N–H and O–H groups in total. The van der Waals surface area contributed by atoms with Crippen LogP contribution in [0, 0.1) is 5.92 Å². The summed E-state index contributed by atoms with van der Waals surface area (Å²) in [6, 6.07) is 5.51. The summed E-state index contributed by atoms with van der Waals surface area (Å²) in [5.74, 6) is 3.43. The number of hydrogen-bond donors (Lipinski definition) is 1. The van der Waals surface area contributed by atoms with Crippen molar-refractivity contribution in [2.24, 2.45) is 5.92 Å². The number of ether oxygens (including phenoxy) is 2. The molecule has 2 aliphatic rings. The standard InChI is InChI=1S/C19H26N2O4S/c1-24-16-9-14(10-17(11-16)25-2)19(23)21-6-3-13(4-7-21)18(22)20-15-5-8-26-12-15/h9-11,13,15H,3-8,12H2,1-2H3,(H,20,22)/t15-/m0/s1. The molecule has 2 heterocycles. The topological polar surface area (TPSA) is 67.9 Å². The second kappa shape index (κ2) is 8.66. The normalized spacial score (nSPS) is 20.7. The number of likely N-dealkylation sites (tertiary alicyclic amines) is 1. The number of benzene rings is 1. The zero-order valence-electron chi connectivity index (χ0n) is 15.3. The minimum absolute atomic E-state index is 0.00416. The summed E-state index contributed by atoms with van der Waals surface area (Å²) in [6.45, 7) is 1.19. The lowest BCUT2D eigenvalue weighted by Gasteiger charge is -2.32. The average Bonchev–Trinajstić information content (AvgIpc) is 3.20. The first-order valence-electron chi connectivity index (χ1n) is 9.01. The number of carbonyl (C=O) groups is 2. The van der Waals surface area contributed by atoms with Crippen molar-refractivity contribution in [3.05, 3.63) is 23.8 Å². The van der Waals surface area contributed by atoms with E-state index < -0.39 is 0 Å². The molecule has 2 saturated heterocycles. The Balaban J connectivity index is 1.57. The first kappa shape index (κ1) is 18.9. The van der Waals surface area contributed by atoms with E-state index in [4.69, 9.17) is 9.47 Å². The molecule has 6 nitrogen and oxygen atoms in total. The molecule has 0 radical (unpaired) electrons. The fraction of sp³-hybridized carbons (Fsp3) is 0.579. The highest BCUT2D eigenvalue weighted by Crippen LogP contribution is 2.26. The Morgan fingerprint density at radius 1 is 1.08 bits per heavy atom. The highest BCUT2D eigenvalue weighted by atomic mass is 32.2. The van der Waals surface area contributed by atoms with Crippen molar-refractivity contribution in [1.82, 2.24) is 10.2 Å². The molecule has 1 atom stereocenters. The van der Waals surface area contributed by atoms with Crippen LogP contribution in [-0.2, 0) is 4.79 Å². The number of nitrogens with zero attached hydrogens (tertiary/aromatic N) is 1. The van der Waals surface area contributed by atoms with Crippen molar-refractivity contribution in [3.8, 4) is 11.5 Å². The van der Waals surface area contributed by atoms with E-state index in [9.17, 15) is 9.59 Å². The van der Waals surface area contributed by atoms with Crippen LogP contribution in [0.5, 0.6) is 11.5 Å². The van der Waals surface area contributed by atoms with Gasteiger partial charge in [0.15, 0.2) is 0 Å². The maximum absolute atomic E-state index is 12.8. The molecule has 0 aliphatic carbocycles. The number of amides is 2. The summed E-state index contributed by atoms with van der Waals surface area (Å²) < 4.78 is 10.5. The van der Waals surface area contributed by atoms with E-state index in [1.54, 1.807) is 32.4 Å². The lowest BCUT2D eigenvalue weighted by atomic mass is 9.95. The smallest absolute Gasteiger partial charge is 0.254 e. The van der Waals surface area contributed by atoms with E-state index in [1.807, 2.05) is 16.7 Å². The molecule has 2 aliphatic heterocycles. The van der Waals surface area contributed by atoms with E-state index in [-0.39, 0.29) is 17.7 Å². The minimum atomic E-state index is -0.0479. The predicted molar refractivity (Wildman–Crippen MR) is 102 cm³/mol. The number of carbonyl (C=O) groups excluding carboxylic acids is 2. The molecule has 3 rings (SSSR count). The van der Waals surface area contributed by atoms with Gasteiger partial charge in [-0.2, -0.15) is 11.8 Å². The Morgan fingerprint density at radius 2 is 1.73 bits per heavy atom. The molecule has 7 heteroatoms. The largest absolute Gasteiger partial charge is 0.497 e. The third-order valence-electron chi connectivity index (χ3n) is 5.03. The van der Waals surface area contributed by atoms with Crippen molar-refractivity contribution >= 4 is 23.6 Å². The van der Waals surface area contributed by atoms with Gasteiger partial charge < -0.3 is 19.7 Å². The van der Waals surface area contributed by atoms with E-state index in [0.29, 0.717) is 49.0 Å². The van der Waals surface area contributed by atoms with Gasteiger partial charge in [-0.1, -0.05) is 0 Å². The molecule has 0 spiro atoms. The van der Waals surface area contributed by atoms with Crippen molar-refractivity contribution in [2.75, 3.05) is 38.8 Å². The van der Waals surface area contributed by atoms with Gasteiger partial charge in [0.2, 0.25) is 5.91 Å². The van der Waals surface area contributed by atoms with Crippen LogP contribution < -0.4 is 14.8 Å². The Bertz CT molecular complexity index is 631. The van der Waals surface area contributed by atoms with E-state index in [0.717, 1.165) is 17.9 Å². The van der Waals surface area contributed by atoms with Gasteiger partial charge in [-0.05, 0) is 37.1 Å². The number of thioether (sulfide) groups is 1. The summed E-state index contributed by atoms with van der Waals surface area (Å²) >= 11 is 1.89. The molecular formula is C19H26N2O4S. The van der Waals surface area contributed by atoms with Gasteiger partial charge in [-0.3, -0.25) is 9.59 Å². The fourth-order valence-corrected chi connectivity index (χ4v) is 4.58. The van der Waals surface area contributed by atoms with Crippen molar-refractivity contribution in [1.29, 1.82) is 0 Å². The van der Waals surface area contributed by atoms with Crippen LogP contribution >= 0.6 is 11.8 Å². The highest BCUT2D eigenvalue weighted by Gasteiger charge is 2.29. The Morgan fingerprint density at radius 3 is 2.27 bits per heavy atom. The molecule has 142 valence electrons. The average molecular weight is 378 g/mol. The Labute approximate surface area is 158 Å². The Hall–Kier alpha value is -1.89. The maximum atomic E-state index is 12.8. The summed E-state index contributed by atoms with van der Waals surface area (Å²) in [7, 11) is 3.13. The number of rotatable bonds is 5. The highest BCUT2D eigenvalue weighted by molar-refractivity contribution is 7.99. The monoisotopic (exact) mass is 378 g/mol. The molecule has 2 amide bonds. The number of nitrogens with one attached hydrogen (secondary N) is 1. The molecule has 2 fully saturated rings. The van der Waals surface area contributed by atoms with Crippen LogP contribution in [0.25, 0.3) is 0 Å². The van der Waals surface area contributed by atoms with Crippen LogP contribution in [0.1, 0.15) is 29.6 Å². The van der Waals surface area contributed by atoms with Gasteiger partial charge in [0, 0.05) is 42.4 Å². The third kappa shape index (κ3) is 4.44. The second-order valence-electron chi connectivity index (χ2n) is 6.74. The lowest BCUT2D eigenvalue weighted by Crippen LogP contribution is -2.45. The van der Waals surface area contributed by atoms with E-state index in [1.165, 1.54) is 0 Å². The number of hydrogen-bond acceptors (Lipinski definition) is 5. The zero-order valence-corrected chi connectivity index (χ0v) is 16.1. The summed E-state index contributed by atoms with van der Waals surface area (Å²) in [6.07, 6.45) is 2.47.